The van der Waals surface area contributed by atoms with Gasteiger partial charge in [-0.15, -0.1) is 12.4 Å². The maximum atomic E-state index is 4.04. The Balaban J connectivity index is 0.00000180. The van der Waals surface area contributed by atoms with Crippen molar-refractivity contribution in [1.29, 1.82) is 0 Å². The van der Waals surface area contributed by atoms with E-state index in [1.165, 1.54) is 17.5 Å². The summed E-state index contributed by atoms with van der Waals surface area (Å²) in [5.74, 6) is 0. The molecule has 0 saturated heterocycles. The van der Waals surface area contributed by atoms with E-state index < -0.39 is 0 Å². The zero-order valence-electron chi connectivity index (χ0n) is 11.3. The number of nitrogens with zero attached hydrogens (tertiary/aromatic N) is 1. The Morgan fingerprint density at radius 1 is 1.05 bits per heavy atom. The van der Waals surface area contributed by atoms with E-state index in [2.05, 4.69) is 59.7 Å². The van der Waals surface area contributed by atoms with Gasteiger partial charge >= 0.3 is 0 Å². The van der Waals surface area contributed by atoms with Crippen molar-refractivity contribution in [3.05, 3.63) is 66.0 Å². The third-order valence-corrected chi connectivity index (χ3v) is 3.08. The Kier molecular flexibility index (Phi) is 7.16. The summed E-state index contributed by atoms with van der Waals surface area (Å²) in [5, 5.41) is 3.63. The summed E-state index contributed by atoms with van der Waals surface area (Å²) in [6.45, 7) is 3.12. The minimum absolute atomic E-state index is 0. The maximum absolute atomic E-state index is 4.04. The van der Waals surface area contributed by atoms with E-state index in [1.807, 2.05) is 12.4 Å². The third kappa shape index (κ3) is 5.01. The van der Waals surface area contributed by atoms with Gasteiger partial charge in [0.1, 0.15) is 0 Å². The van der Waals surface area contributed by atoms with Crippen LogP contribution in [0.2, 0.25) is 0 Å². The molecule has 102 valence electrons. The highest BCUT2D eigenvalue weighted by Crippen LogP contribution is 2.18. The van der Waals surface area contributed by atoms with Crippen LogP contribution in [-0.2, 0) is 6.54 Å². The molecule has 1 aromatic heterocycles. The van der Waals surface area contributed by atoms with Gasteiger partial charge in [0.15, 0.2) is 0 Å². The molecule has 0 fully saturated rings. The monoisotopic (exact) mass is 276 g/mol. The summed E-state index contributed by atoms with van der Waals surface area (Å²) in [4.78, 5) is 4.04. The lowest BCUT2D eigenvalue weighted by atomic mass is 10.0. The molecule has 2 rings (SSSR count). The van der Waals surface area contributed by atoms with E-state index in [4.69, 9.17) is 0 Å². The number of aromatic nitrogens is 1. The van der Waals surface area contributed by atoms with Crippen LogP contribution < -0.4 is 5.32 Å². The van der Waals surface area contributed by atoms with E-state index in [9.17, 15) is 0 Å². The van der Waals surface area contributed by atoms with Crippen LogP contribution in [0.4, 0.5) is 0 Å². The van der Waals surface area contributed by atoms with Gasteiger partial charge in [-0.1, -0.05) is 43.7 Å². The third-order valence-electron chi connectivity index (χ3n) is 3.08. The van der Waals surface area contributed by atoms with Gasteiger partial charge < -0.3 is 5.32 Å². The Hall–Kier alpha value is -1.38. The normalized spacial score (nSPS) is 11.6. The summed E-state index contributed by atoms with van der Waals surface area (Å²) >= 11 is 0. The number of hydrogen-bond acceptors (Lipinski definition) is 2. The molecule has 1 atom stereocenters. The number of halogens is 1. The average molecular weight is 277 g/mol. The highest BCUT2D eigenvalue weighted by Gasteiger charge is 2.08. The highest BCUT2D eigenvalue weighted by molar-refractivity contribution is 5.85. The van der Waals surface area contributed by atoms with Gasteiger partial charge in [-0.2, -0.15) is 0 Å². The zero-order valence-corrected chi connectivity index (χ0v) is 12.1. The van der Waals surface area contributed by atoms with Gasteiger partial charge in [0.05, 0.1) is 0 Å². The van der Waals surface area contributed by atoms with Crippen molar-refractivity contribution in [2.75, 3.05) is 0 Å². The second-order valence-corrected chi connectivity index (χ2v) is 4.49. The summed E-state index contributed by atoms with van der Waals surface area (Å²) < 4.78 is 0. The van der Waals surface area contributed by atoms with Crippen molar-refractivity contribution in [2.24, 2.45) is 0 Å². The molecule has 0 amide bonds. The van der Waals surface area contributed by atoms with Gasteiger partial charge in [0, 0.05) is 25.0 Å². The lowest BCUT2D eigenvalue weighted by Gasteiger charge is -2.18. The average Bonchev–Trinajstić information content (AvgIpc) is 2.45. The Labute approximate surface area is 121 Å². The fraction of sp³-hybridized carbons (Fsp3) is 0.312. The molecule has 0 aliphatic carbocycles. The van der Waals surface area contributed by atoms with Crippen molar-refractivity contribution in [2.45, 2.75) is 32.4 Å². The topological polar surface area (TPSA) is 24.9 Å². The number of nitrogens with one attached hydrogen (secondary N) is 1. The van der Waals surface area contributed by atoms with Crippen LogP contribution in [0.5, 0.6) is 0 Å². The minimum Gasteiger partial charge on any atom is -0.306 e. The van der Waals surface area contributed by atoms with E-state index in [0.29, 0.717) is 6.04 Å². The lowest BCUT2D eigenvalue weighted by Crippen LogP contribution is -2.20. The minimum atomic E-state index is 0. The first-order valence-corrected chi connectivity index (χ1v) is 6.57. The molecule has 2 nitrogen and oxygen atoms in total. The molecule has 0 spiro atoms. The zero-order chi connectivity index (χ0) is 12.6. The van der Waals surface area contributed by atoms with Crippen molar-refractivity contribution in [3.63, 3.8) is 0 Å². The Morgan fingerprint density at radius 2 is 1.74 bits per heavy atom. The van der Waals surface area contributed by atoms with Crippen LogP contribution in [-0.4, -0.2) is 4.98 Å². The molecule has 0 aliphatic heterocycles. The first kappa shape index (κ1) is 15.7. The van der Waals surface area contributed by atoms with Crippen molar-refractivity contribution >= 4 is 12.4 Å². The van der Waals surface area contributed by atoms with Crippen LogP contribution in [0.3, 0.4) is 0 Å². The van der Waals surface area contributed by atoms with Crippen LogP contribution >= 0.6 is 12.4 Å². The quantitative estimate of drug-likeness (QED) is 0.858. The summed E-state index contributed by atoms with van der Waals surface area (Å²) in [7, 11) is 0. The molecular formula is C16H21ClN2. The van der Waals surface area contributed by atoms with Gasteiger partial charge in [-0.25, -0.2) is 0 Å². The van der Waals surface area contributed by atoms with Crippen LogP contribution in [0.15, 0.2) is 54.9 Å². The smallest absolute Gasteiger partial charge is 0.0323 e. The van der Waals surface area contributed by atoms with E-state index in [0.717, 1.165) is 13.0 Å². The molecule has 1 N–H and O–H groups in total. The van der Waals surface area contributed by atoms with Crippen LogP contribution in [0.25, 0.3) is 0 Å². The number of benzene rings is 1. The largest absolute Gasteiger partial charge is 0.306 e. The van der Waals surface area contributed by atoms with Crippen molar-refractivity contribution in [1.82, 2.24) is 10.3 Å². The van der Waals surface area contributed by atoms with Gasteiger partial charge in [-0.05, 0) is 29.7 Å². The molecule has 19 heavy (non-hydrogen) atoms. The van der Waals surface area contributed by atoms with Gasteiger partial charge in [0.2, 0.25) is 0 Å². The summed E-state index contributed by atoms with van der Waals surface area (Å²) in [5.41, 5.74) is 2.65. The maximum Gasteiger partial charge on any atom is 0.0323 e. The first-order chi connectivity index (χ1) is 8.90. The molecule has 0 radical (unpaired) electrons. The summed E-state index contributed by atoms with van der Waals surface area (Å²) in [6, 6.07) is 15.2. The predicted octanol–water partition coefficient (Wildman–Crippen LogP) is 4.13. The summed E-state index contributed by atoms with van der Waals surface area (Å²) in [6.07, 6.45) is 6.03. The molecular weight excluding hydrogens is 256 g/mol. The first-order valence-electron chi connectivity index (χ1n) is 6.57. The Morgan fingerprint density at radius 3 is 2.37 bits per heavy atom. The molecule has 0 aliphatic rings. The second kappa shape index (κ2) is 8.68. The molecule has 0 bridgehead atoms. The fourth-order valence-electron chi connectivity index (χ4n) is 2.10. The van der Waals surface area contributed by atoms with Crippen molar-refractivity contribution in [3.8, 4) is 0 Å². The highest BCUT2D eigenvalue weighted by atomic mass is 35.5. The standard InChI is InChI=1S/C16H20N2.ClH/c1-2-6-16(15-7-4-3-5-8-15)18-13-14-9-11-17-12-10-14;/h3-5,7-12,16,18H,2,6,13H2,1H3;1H. The van der Waals surface area contributed by atoms with Crippen LogP contribution in [0, 0.1) is 0 Å². The molecule has 0 saturated carbocycles. The number of pyridine rings is 1. The van der Waals surface area contributed by atoms with E-state index in [-0.39, 0.29) is 12.4 Å². The SMILES string of the molecule is CCCC(NCc1ccncc1)c1ccccc1.Cl. The predicted molar refractivity (Wildman–Crippen MR) is 82.4 cm³/mol. The molecule has 1 heterocycles. The molecule has 2 aromatic rings. The number of hydrogen-bond donors (Lipinski definition) is 1. The van der Waals surface area contributed by atoms with Crippen molar-refractivity contribution < 1.29 is 0 Å². The van der Waals surface area contributed by atoms with Gasteiger partial charge in [-0.3, -0.25) is 4.98 Å². The van der Waals surface area contributed by atoms with Crippen LogP contribution in [0.1, 0.15) is 36.9 Å². The fourth-order valence-corrected chi connectivity index (χ4v) is 2.10. The lowest BCUT2D eigenvalue weighted by molar-refractivity contribution is 0.493. The van der Waals surface area contributed by atoms with E-state index in [1.54, 1.807) is 0 Å². The second-order valence-electron chi connectivity index (χ2n) is 4.49. The Bertz CT molecular complexity index is 445. The molecule has 3 heteroatoms. The number of rotatable bonds is 6. The van der Waals surface area contributed by atoms with E-state index >= 15 is 0 Å². The molecule has 1 unspecified atom stereocenters. The molecule has 1 aromatic carbocycles. The van der Waals surface area contributed by atoms with Gasteiger partial charge in [0.25, 0.3) is 0 Å².